The minimum Gasteiger partial charge on any atom is -0.508 e. The van der Waals surface area contributed by atoms with E-state index >= 15 is 0 Å². The second-order valence-electron chi connectivity index (χ2n) is 8.78. The highest BCUT2D eigenvalue weighted by molar-refractivity contribution is 7.86. The lowest BCUT2D eigenvalue weighted by molar-refractivity contribution is 0.101. The summed E-state index contributed by atoms with van der Waals surface area (Å²) < 4.78 is 40.1. The Morgan fingerprint density at radius 3 is 2.29 bits per heavy atom. The van der Waals surface area contributed by atoms with Crippen molar-refractivity contribution in [2.45, 2.75) is 6.54 Å². The quantitative estimate of drug-likeness (QED) is 0.521. The lowest BCUT2D eigenvalue weighted by atomic mass is 10.0. The number of carbonyl (C=O) groups is 1. The number of rotatable bonds is 6. The topological polar surface area (TPSA) is 111 Å². The Bertz CT molecular complexity index is 1270. The van der Waals surface area contributed by atoms with Crippen LogP contribution in [0, 0.1) is 0 Å². The Hall–Kier alpha value is -2.70. The van der Waals surface area contributed by atoms with Gasteiger partial charge in [-0.25, -0.2) is 0 Å². The standard InChI is InChI=1S/C23H28N4O6S/c1-24-6-10-26(11-7-24)34(30,31)27-12-8-25(9-13-27)15-17-19(28)4-5-20-22(17)18(16-33-20)23(29)21-3-2-14-32-21/h2-5,14,16,28H,6-13,15H2,1H3. The normalized spacial score (nSPS) is 19.7. The van der Waals surface area contributed by atoms with Gasteiger partial charge in [0.1, 0.15) is 17.6 Å². The van der Waals surface area contributed by atoms with Gasteiger partial charge < -0.3 is 18.8 Å². The first-order chi connectivity index (χ1) is 16.3. The first-order valence-electron chi connectivity index (χ1n) is 11.3. The second-order valence-corrected chi connectivity index (χ2v) is 10.7. The molecule has 0 bridgehead atoms. The average molecular weight is 489 g/mol. The Balaban J connectivity index is 1.32. The second kappa shape index (κ2) is 9.16. The minimum absolute atomic E-state index is 0.0647. The summed E-state index contributed by atoms with van der Waals surface area (Å²) in [6, 6.07) is 6.41. The molecule has 0 radical (unpaired) electrons. The number of nitrogens with zero attached hydrogens (tertiary/aromatic N) is 4. The van der Waals surface area contributed by atoms with Gasteiger partial charge in [0.15, 0.2) is 5.76 Å². The summed E-state index contributed by atoms with van der Waals surface area (Å²) in [5, 5.41) is 11.2. The van der Waals surface area contributed by atoms with Gasteiger partial charge in [-0.15, -0.1) is 0 Å². The van der Waals surface area contributed by atoms with Gasteiger partial charge in [-0.3, -0.25) is 9.69 Å². The number of phenolic OH excluding ortho intramolecular Hbond substituents is 1. The molecule has 1 N–H and O–H groups in total. The van der Waals surface area contributed by atoms with Gasteiger partial charge in [0.2, 0.25) is 5.78 Å². The van der Waals surface area contributed by atoms with Crippen LogP contribution in [0.25, 0.3) is 11.0 Å². The number of furan rings is 2. The van der Waals surface area contributed by atoms with Gasteiger partial charge in [0, 0.05) is 69.9 Å². The summed E-state index contributed by atoms with van der Waals surface area (Å²) in [5.74, 6) is -0.0618. The summed E-state index contributed by atoms with van der Waals surface area (Å²) in [6.45, 7) is 4.60. The van der Waals surface area contributed by atoms with E-state index in [4.69, 9.17) is 8.83 Å². The number of hydrogen-bond acceptors (Lipinski definition) is 8. The number of aromatic hydroxyl groups is 1. The molecule has 0 spiro atoms. The van der Waals surface area contributed by atoms with Crippen molar-refractivity contribution in [1.29, 1.82) is 0 Å². The molecule has 2 aliphatic heterocycles. The number of phenols is 1. The zero-order valence-corrected chi connectivity index (χ0v) is 19.8. The zero-order valence-electron chi connectivity index (χ0n) is 19.0. The number of benzene rings is 1. The first-order valence-corrected chi connectivity index (χ1v) is 12.7. The van der Waals surface area contributed by atoms with Crippen molar-refractivity contribution in [2.24, 2.45) is 0 Å². The molecule has 0 unspecified atom stereocenters. The van der Waals surface area contributed by atoms with E-state index in [1.54, 1.807) is 32.9 Å². The molecule has 0 aliphatic carbocycles. The van der Waals surface area contributed by atoms with Crippen LogP contribution >= 0.6 is 0 Å². The van der Waals surface area contributed by atoms with Crippen LogP contribution in [-0.4, -0.2) is 97.1 Å². The maximum absolute atomic E-state index is 13.1. The van der Waals surface area contributed by atoms with Gasteiger partial charge in [-0.1, -0.05) is 0 Å². The molecule has 1 aromatic carbocycles. The smallest absolute Gasteiger partial charge is 0.282 e. The van der Waals surface area contributed by atoms with E-state index in [-0.39, 0.29) is 17.3 Å². The predicted molar refractivity (Wildman–Crippen MR) is 125 cm³/mol. The average Bonchev–Trinajstić information content (AvgIpc) is 3.52. The van der Waals surface area contributed by atoms with Crippen LogP contribution in [0.5, 0.6) is 5.75 Å². The van der Waals surface area contributed by atoms with Crippen molar-refractivity contribution in [3.8, 4) is 5.75 Å². The summed E-state index contributed by atoms with van der Waals surface area (Å²) in [4.78, 5) is 17.1. The fourth-order valence-electron chi connectivity index (χ4n) is 4.58. The van der Waals surface area contributed by atoms with Crippen molar-refractivity contribution < 1.29 is 27.2 Å². The third-order valence-corrected chi connectivity index (χ3v) is 8.68. The van der Waals surface area contributed by atoms with Crippen LogP contribution in [0.15, 0.2) is 45.6 Å². The lowest BCUT2D eigenvalue weighted by Crippen LogP contribution is -2.56. The fourth-order valence-corrected chi connectivity index (χ4v) is 6.16. The molecular weight excluding hydrogens is 460 g/mol. The molecule has 2 saturated heterocycles. The minimum atomic E-state index is -3.49. The van der Waals surface area contributed by atoms with Crippen molar-refractivity contribution >= 4 is 27.0 Å². The first kappa shape index (κ1) is 23.1. The van der Waals surface area contributed by atoms with Crippen molar-refractivity contribution in [1.82, 2.24) is 18.4 Å². The van der Waals surface area contributed by atoms with Crippen molar-refractivity contribution in [2.75, 3.05) is 59.4 Å². The van der Waals surface area contributed by atoms with Gasteiger partial charge in [-0.05, 0) is 31.3 Å². The third kappa shape index (κ3) is 4.25. The Labute approximate surface area is 198 Å². The summed E-state index contributed by atoms with van der Waals surface area (Å²) in [6.07, 6.45) is 2.82. The number of likely N-dealkylation sites (N-methyl/N-ethyl adjacent to an activating group) is 1. The molecule has 11 heteroatoms. The molecule has 0 atom stereocenters. The van der Waals surface area contributed by atoms with E-state index in [0.29, 0.717) is 67.9 Å². The zero-order chi connectivity index (χ0) is 23.9. The Morgan fingerprint density at radius 2 is 1.65 bits per heavy atom. The molecule has 4 heterocycles. The maximum Gasteiger partial charge on any atom is 0.282 e. The molecule has 34 heavy (non-hydrogen) atoms. The molecule has 2 aliphatic rings. The molecule has 2 aromatic heterocycles. The van der Waals surface area contributed by atoms with E-state index in [9.17, 15) is 18.3 Å². The van der Waals surface area contributed by atoms with E-state index in [1.165, 1.54) is 12.5 Å². The molecule has 10 nitrogen and oxygen atoms in total. The van der Waals surface area contributed by atoms with Crippen LogP contribution in [0.4, 0.5) is 0 Å². The summed E-state index contributed by atoms with van der Waals surface area (Å²) in [5.41, 5.74) is 1.41. The fraction of sp³-hybridized carbons (Fsp3) is 0.435. The largest absolute Gasteiger partial charge is 0.508 e. The van der Waals surface area contributed by atoms with Gasteiger partial charge in [-0.2, -0.15) is 17.0 Å². The highest BCUT2D eigenvalue weighted by atomic mass is 32.2. The molecule has 0 amide bonds. The SMILES string of the molecule is CN1CCN(S(=O)(=O)N2CCN(Cc3c(O)ccc4occ(C(=O)c5ccco5)c34)CC2)CC1. The van der Waals surface area contributed by atoms with Gasteiger partial charge in [0.25, 0.3) is 10.2 Å². The Kier molecular flexibility index (Phi) is 6.21. The van der Waals surface area contributed by atoms with Crippen LogP contribution < -0.4 is 0 Å². The maximum atomic E-state index is 13.1. The number of ketones is 1. The third-order valence-electron chi connectivity index (χ3n) is 6.64. The van der Waals surface area contributed by atoms with Crippen LogP contribution in [0.1, 0.15) is 21.7 Å². The number of hydrogen-bond donors (Lipinski definition) is 1. The molecule has 3 aromatic rings. The van der Waals surface area contributed by atoms with E-state index in [0.717, 1.165) is 13.1 Å². The molecule has 2 fully saturated rings. The van der Waals surface area contributed by atoms with Crippen LogP contribution in [-0.2, 0) is 16.8 Å². The number of carbonyl (C=O) groups excluding carboxylic acids is 1. The Morgan fingerprint density at radius 1 is 0.971 bits per heavy atom. The predicted octanol–water partition coefficient (Wildman–Crippen LogP) is 1.57. The van der Waals surface area contributed by atoms with Gasteiger partial charge in [0.05, 0.1) is 11.8 Å². The van der Waals surface area contributed by atoms with Gasteiger partial charge >= 0.3 is 0 Å². The molecular formula is C23H28N4O6S. The van der Waals surface area contributed by atoms with E-state index in [2.05, 4.69) is 9.80 Å². The monoisotopic (exact) mass is 488 g/mol. The summed E-state index contributed by atoms with van der Waals surface area (Å²) >= 11 is 0. The molecule has 0 saturated carbocycles. The number of fused-ring (bicyclic) bond motifs is 1. The van der Waals surface area contributed by atoms with Crippen molar-refractivity contribution in [3.05, 3.63) is 53.7 Å². The lowest BCUT2D eigenvalue weighted by Gasteiger charge is -2.39. The summed E-state index contributed by atoms with van der Waals surface area (Å²) in [7, 11) is -1.50. The highest BCUT2D eigenvalue weighted by Gasteiger charge is 2.34. The van der Waals surface area contributed by atoms with E-state index in [1.807, 2.05) is 7.05 Å². The van der Waals surface area contributed by atoms with Crippen LogP contribution in [0.2, 0.25) is 0 Å². The highest BCUT2D eigenvalue weighted by Crippen LogP contribution is 2.34. The molecule has 5 rings (SSSR count). The van der Waals surface area contributed by atoms with Crippen LogP contribution in [0.3, 0.4) is 0 Å². The van der Waals surface area contributed by atoms with E-state index < -0.39 is 10.2 Å². The molecule has 182 valence electrons. The van der Waals surface area contributed by atoms with Crippen molar-refractivity contribution in [3.63, 3.8) is 0 Å². The number of piperazine rings is 2.